The van der Waals surface area contributed by atoms with E-state index in [1.807, 2.05) is 6.92 Å². The van der Waals surface area contributed by atoms with Crippen LogP contribution in [0.1, 0.15) is 12.0 Å². The van der Waals surface area contributed by atoms with Crippen LogP contribution in [0.25, 0.3) is 0 Å². The Morgan fingerprint density at radius 2 is 2.07 bits per heavy atom. The quantitative estimate of drug-likeness (QED) is 0.343. The summed E-state index contributed by atoms with van der Waals surface area (Å²) >= 11 is 6.01. The Morgan fingerprint density at radius 1 is 1.33 bits per heavy atom. The molecule has 0 bridgehead atoms. The number of amides is 1. The Bertz CT molecular complexity index is 949. The second-order valence-corrected chi connectivity index (χ2v) is 6.56. The van der Waals surface area contributed by atoms with Gasteiger partial charge in [-0.15, -0.1) is 0 Å². The average molecular weight is 393 g/mol. The van der Waals surface area contributed by atoms with E-state index >= 15 is 0 Å². The smallest absolute Gasteiger partial charge is 0.316 e. The molecule has 0 spiro atoms. The summed E-state index contributed by atoms with van der Waals surface area (Å²) in [5.74, 6) is -2.60. The number of anilines is 1. The van der Waals surface area contributed by atoms with Gasteiger partial charge >= 0.3 is 11.7 Å². The molecule has 0 radical (unpaired) electrons. The lowest BCUT2D eigenvalue weighted by atomic mass is 10.1. The number of halogens is 2. The molecular formula is C18H14ClFN2O5. The van der Waals surface area contributed by atoms with Gasteiger partial charge in [0.05, 0.1) is 21.6 Å². The van der Waals surface area contributed by atoms with Crippen molar-refractivity contribution in [1.29, 1.82) is 0 Å². The fourth-order valence-corrected chi connectivity index (χ4v) is 2.96. The van der Waals surface area contributed by atoms with Gasteiger partial charge in [-0.1, -0.05) is 17.7 Å². The average Bonchev–Trinajstić information content (AvgIpc) is 3.00. The Morgan fingerprint density at radius 3 is 2.78 bits per heavy atom. The number of nitro benzene ring substituents is 1. The zero-order chi connectivity index (χ0) is 19.7. The number of benzene rings is 2. The number of nitrogens with zero attached hydrogens (tertiary/aromatic N) is 2. The van der Waals surface area contributed by atoms with Crippen LogP contribution in [0.2, 0.25) is 5.02 Å². The summed E-state index contributed by atoms with van der Waals surface area (Å²) in [7, 11) is 0. The van der Waals surface area contributed by atoms with Crippen molar-refractivity contribution >= 4 is 34.9 Å². The number of ether oxygens (including phenoxy) is 1. The van der Waals surface area contributed by atoms with Crippen LogP contribution in [0.15, 0.2) is 36.4 Å². The van der Waals surface area contributed by atoms with Gasteiger partial charge < -0.3 is 9.64 Å². The fourth-order valence-electron chi connectivity index (χ4n) is 2.80. The molecule has 0 N–H and O–H groups in total. The molecule has 0 saturated carbocycles. The zero-order valence-electron chi connectivity index (χ0n) is 14.1. The zero-order valence-corrected chi connectivity index (χ0v) is 14.9. The van der Waals surface area contributed by atoms with Crippen molar-refractivity contribution in [1.82, 2.24) is 0 Å². The highest BCUT2D eigenvalue weighted by atomic mass is 35.5. The van der Waals surface area contributed by atoms with Crippen molar-refractivity contribution in [3.05, 3.63) is 62.9 Å². The van der Waals surface area contributed by atoms with Crippen LogP contribution in [0.3, 0.4) is 0 Å². The summed E-state index contributed by atoms with van der Waals surface area (Å²) in [5, 5.41) is 11.1. The van der Waals surface area contributed by atoms with E-state index in [0.29, 0.717) is 0 Å². The Kier molecular flexibility index (Phi) is 5.09. The number of rotatable bonds is 4. The van der Waals surface area contributed by atoms with E-state index < -0.39 is 34.2 Å². The van der Waals surface area contributed by atoms with E-state index in [4.69, 9.17) is 16.3 Å². The molecule has 3 rings (SSSR count). The normalized spacial score (nSPS) is 16.5. The molecule has 2 aromatic rings. The molecule has 2 aromatic carbocycles. The van der Waals surface area contributed by atoms with E-state index in [-0.39, 0.29) is 29.4 Å². The predicted molar refractivity (Wildman–Crippen MR) is 95.3 cm³/mol. The molecule has 1 saturated heterocycles. The van der Waals surface area contributed by atoms with Gasteiger partial charge in [0.1, 0.15) is 5.75 Å². The third-order valence-corrected chi connectivity index (χ3v) is 4.51. The van der Waals surface area contributed by atoms with Gasteiger partial charge in [-0.05, 0) is 36.8 Å². The highest BCUT2D eigenvalue weighted by Crippen LogP contribution is 2.31. The van der Waals surface area contributed by atoms with E-state index in [2.05, 4.69) is 0 Å². The van der Waals surface area contributed by atoms with Crippen molar-refractivity contribution in [3.63, 3.8) is 0 Å². The molecule has 1 fully saturated rings. The summed E-state index contributed by atoms with van der Waals surface area (Å²) in [6.45, 7) is 1.79. The third kappa shape index (κ3) is 3.90. The molecule has 0 aromatic heterocycles. The minimum Gasteiger partial charge on any atom is -0.425 e. The summed E-state index contributed by atoms with van der Waals surface area (Å²) in [6.07, 6.45) is -0.118. The number of hydrogen-bond acceptors (Lipinski definition) is 5. The molecule has 0 aliphatic carbocycles. The molecular weight excluding hydrogens is 379 g/mol. The van der Waals surface area contributed by atoms with Gasteiger partial charge in [0, 0.05) is 19.0 Å². The van der Waals surface area contributed by atoms with Gasteiger partial charge in [0.15, 0.2) is 0 Å². The summed E-state index contributed by atoms with van der Waals surface area (Å²) in [4.78, 5) is 35.9. The molecule has 140 valence electrons. The highest BCUT2D eigenvalue weighted by Gasteiger charge is 2.37. The first-order valence-electron chi connectivity index (χ1n) is 7.98. The Balaban J connectivity index is 1.77. The molecule has 9 heteroatoms. The summed E-state index contributed by atoms with van der Waals surface area (Å²) < 4.78 is 18.8. The SMILES string of the molecule is Cc1ccc(Cl)c(OC(=O)C2CC(=O)N(c3ccc(F)c([N+](=O)[O-])c3)C2)c1. The topological polar surface area (TPSA) is 89.8 Å². The van der Waals surface area contributed by atoms with Crippen LogP contribution in [-0.4, -0.2) is 23.3 Å². The molecule has 1 aliphatic heterocycles. The molecule has 27 heavy (non-hydrogen) atoms. The van der Waals surface area contributed by atoms with Gasteiger partial charge in [-0.2, -0.15) is 4.39 Å². The Labute approximate surface area is 158 Å². The summed E-state index contributed by atoms with van der Waals surface area (Å²) in [5.41, 5.74) is 0.264. The second-order valence-electron chi connectivity index (χ2n) is 6.15. The van der Waals surface area contributed by atoms with Gasteiger partial charge in [0.2, 0.25) is 11.7 Å². The first-order valence-corrected chi connectivity index (χ1v) is 8.36. The number of carbonyl (C=O) groups excluding carboxylic acids is 2. The molecule has 1 heterocycles. The van der Waals surface area contributed by atoms with Crippen molar-refractivity contribution in [2.24, 2.45) is 5.92 Å². The van der Waals surface area contributed by atoms with Gasteiger partial charge in [-0.25, -0.2) is 0 Å². The van der Waals surface area contributed by atoms with Crippen molar-refractivity contribution < 1.29 is 23.6 Å². The number of carbonyl (C=O) groups is 2. The predicted octanol–water partition coefficient (Wildman–Crippen LogP) is 3.65. The molecule has 1 amide bonds. The minimum absolute atomic E-state index is 0.0239. The van der Waals surface area contributed by atoms with Crippen LogP contribution >= 0.6 is 11.6 Å². The van der Waals surface area contributed by atoms with Gasteiger partial charge in [-0.3, -0.25) is 19.7 Å². The molecule has 7 nitrogen and oxygen atoms in total. The number of esters is 1. The minimum atomic E-state index is -1.000. The lowest BCUT2D eigenvalue weighted by Crippen LogP contribution is -2.27. The van der Waals surface area contributed by atoms with Crippen molar-refractivity contribution in [3.8, 4) is 5.75 Å². The van der Waals surface area contributed by atoms with E-state index in [1.165, 1.54) is 11.0 Å². The van der Waals surface area contributed by atoms with E-state index in [1.54, 1.807) is 18.2 Å². The molecule has 1 atom stereocenters. The van der Waals surface area contributed by atoms with Crippen LogP contribution in [0.5, 0.6) is 5.75 Å². The fraction of sp³-hybridized carbons (Fsp3) is 0.222. The van der Waals surface area contributed by atoms with E-state index in [0.717, 1.165) is 17.7 Å². The van der Waals surface area contributed by atoms with Crippen molar-refractivity contribution in [2.75, 3.05) is 11.4 Å². The summed E-state index contributed by atoms with van der Waals surface area (Å²) in [6, 6.07) is 8.12. The monoisotopic (exact) mass is 392 g/mol. The second kappa shape index (κ2) is 7.32. The number of hydrogen-bond donors (Lipinski definition) is 0. The van der Waals surface area contributed by atoms with Crippen LogP contribution in [-0.2, 0) is 9.59 Å². The third-order valence-electron chi connectivity index (χ3n) is 4.19. The largest absolute Gasteiger partial charge is 0.425 e. The molecule has 1 unspecified atom stereocenters. The maximum atomic E-state index is 13.5. The van der Waals surface area contributed by atoms with Crippen molar-refractivity contribution in [2.45, 2.75) is 13.3 Å². The maximum Gasteiger partial charge on any atom is 0.316 e. The lowest BCUT2D eigenvalue weighted by Gasteiger charge is -2.16. The van der Waals surface area contributed by atoms with Gasteiger partial charge in [0.25, 0.3) is 0 Å². The lowest BCUT2D eigenvalue weighted by molar-refractivity contribution is -0.387. The van der Waals surface area contributed by atoms with Crippen LogP contribution < -0.4 is 9.64 Å². The highest BCUT2D eigenvalue weighted by molar-refractivity contribution is 6.32. The Hall–Kier alpha value is -3.00. The van der Waals surface area contributed by atoms with E-state index in [9.17, 15) is 24.1 Å². The van der Waals surface area contributed by atoms with Crippen LogP contribution in [0, 0.1) is 28.8 Å². The maximum absolute atomic E-state index is 13.5. The first-order chi connectivity index (χ1) is 12.8. The number of nitro groups is 1. The number of aryl methyl sites for hydroxylation is 1. The molecule has 1 aliphatic rings. The standard InChI is InChI=1S/C18H14ClFN2O5/c1-10-2-4-13(19)16(6-10)27-18(24)11-7-17(23)21(9-11)12-3-5-14(20)15(8-12)22(25)26/h2-6,8,11H,7,9H2,1H3. The first kappa shape index (κ1) is 18.8. The van der Waals surface area contributed by atoms with Crippen LogP contribution in [0.4, 0.5) is 15.8 Å².